The summed E-state index contributed by atoms with van der Waals surface area (Å²) in [7, 11) is 3.20. The van der Waals surface area contributed by atoms with Gasteiger partial charge in [-0.2, -0.15) is 0 Å². The van der Waals surface area contributed by atoms with Crippen LogP contribution in [0.3, 0.4) is 0 Å². The van der Waals surface area contributed by atoms with E-state index >= 15 is 0 Å². The number of ether oxygens (including phenoxy) is 2. The van der Waals surface area contributed by atoms with Gasteiger partial charge in [0.05, 0.1) is 14.2 Å². The lowest BCUT2D eigenvalue weighted by atomic mass is 9.92. The zero-order valence-corrected chi connectivity index (χ0v) is 16.0. The summed E-state index contributed by atoms with van der Waals surface area (Å²) in [6.45, 7) is 4.02. The Balaban J connectivity index is 2.12. The molecule has 2 aromatic carbocycles. The maximum Gasteiger partial charge on any atom is 0.234 e. The van der Waals surface area contributed by atoms with Gasteiger partial charge in [-0.3, -0.25) is 0 Å². The Hall–Kier alpha value is -3.41. The summed E-state index contributed by atoms with van der Waals surface area (Å²) in [6.07, 6.45) is 1.40. The van der Waals surface area contributed by atoms with E-state index in [0.717, 1.165) is 33.6 Å². The number of hydrogen-bond acceptors (Lipinski definition) is 5. The Bertz CT molecular complexity index is 1140. The van der Waals surface area contributed by atoms with Gasteiger partial charge < -0.3 is 13.9 Å². The van der Waals surface area contributed by atoms with Gasteiger partial charge in [0.15, 0.2) is 0 Å². The third kappa shape index (κ3) is 2.87. The number of halogens is 1. The van der Waals surface area contributed by atoms with Gasteiger partial charge in [-0.1, -0.05) is 0 Å². The number of nitrogens with zero attached hydrogens (tertiary/aromatic N) is 2. The second-order valence-corrected chi connectivity index (χ2v) is 6.51. The van der Waals surface area contributed by atoms with Crippen LogP contribution in [0.25, 0.3) is 33.6 Å². The Morgan fingerprint density at radius 3 is 2.18 bits per heavy atom. The van der Waals surface area contributed by atoms with Gasteiger partial charge in [-0.05, 0) is 66.9 Å². The molecule has 4 rings (SSSR count). The van der Waals surface area contributed by atoms with Gasteiger partial charge in [0, 0.05) is 11.1 Å². The van der Waals surface area contributed by atoms with Crippen molar-refractivity contribution >= 4 is 11.1 Å². The number of furan rings is 1. The molecule has 2 heterocycles. The lowest BCUT2D eigenvalue weighted by Gasteiger charge is -2.13. The smallest absolute Gasteiger partial charge is 0.234 e. The number of benzene rings is 2. The molecule has 0 atom stereocenters. The van der Waals surface area contributed by atoms with E-state index in [1.165, 1.54) is 18.5 Å². The van der Waals surface area contributed by atoms with E-state index in [2.05, 4.69) is 9.97 Å². The van der Waals surface area contributed by atoms with Crippen molar-refractivity contribution < 1.29 is 18.3 Å². The van der Waals surface area contributed by atoms with Crippen molar-refractivity contribution in [2.75, 3.05) is 14.2 Å². The topological polar surface area (TPSA) is 57.4 Å². The van der Waals surface area contributed by atoms with Crippen molar-refractivity contribution in [3.05, 3.63) is 59.7 Å². The van der Waals surface area contributed by atoms with Gasteiger partial charge >= 0.3 is 0 Å². The third-order valence-electron chi connectivity index (χ3n) is 4.75. The predicted octanol–water partition coefficient (Wildman–Crippen LogP) is 5.33. The average molecular weight is 378 g/mol. The number of aromatic nitrogens is 2. The lowest BCUT2D eigenvalue weighted by Crippen LogP contribution is -1.95. The molecular weight excluding hydrogens is 359 g/mol. The number of fused-ring (bicyclic) bond motifs is 1. The number of hydrogen-bond donors (Lipinski definition) is 0. The van der Waals surface area contributed by atoms with E-state index in [1.807, 2.05) is 26.0 Å². The molecule has 0 spiro atoms. The molecule has 0 fully saturated rings. The van der Waals surface area contributed by atoms with Crippen LogP contribution < -0.4 is 9.47 Å². The highest BCUT2D eigenvalue weighted by Crippen LogP contribution is 2.46. The minimum atomic E-state index is -0.310. The molecule has 142 valence electrons. The van der Waals surface area contributed by atoms with Crippen molar-refractivity contribution in [2.45, 2.75) is 13.8 Å². The van der Waals surface area contributed by atoms with E-state index in [-0.39, 0.29) is 5.82 Å². The molecular formula is C22H19FN2O3. The SMILES string of the molecule is COc1cc(C)c(-c2c(-c3ccc(F)cc3)oc3ncnc(OC)c23)c(C)c1. The molecule has 0 N–H and O–H groups in total. The summed E-state index contributed by atoms with van der Waals surface area (Å²) in [5.41, 5.74) is 4.97. The quantitative estimate of drug-likeness (QED) is 0.480. The zero-order valence-electron chi connectivity index (χ0n) is 16.0. The fourth-order valence-electron chi connectivity index (χ4n) is 3.54. The summed E-state index contributed by atoms with van der Waals surface area (Å²) >= 11 is 0. The molecule has 0 aliphatic rings. The van der Waals surface area contributed by atoms with Gasteiger partial charge in [0.25, 0.3) is 0 Å². The van der Waals surface area contributed by atoms with Crippen LogP contribution in [-0.4, -0.2) is 24.2 Å². The second kappa shape index (κ2) is 6.96. The van der Waals surface area contributed by atoms with Crippen molar-refractivity contribution in [2.24, 2.45) is 0 Å². The first kappa shape index (κ1) is 18.0. The van der Waals surface area contributed by atoms with Gasteiger partial charge in [0.2, 0.25) is 11.6 Å². The maximum atomic E-state index is 13.5. The molecule has 0 aliphatic heterocycles. The summed E-state index contributed by atoms with van der Waals surface area (Å²) in [5, 5.41) is 0.681. The van der Waals surface area contributed by atoms with Gasteiger partial charge in [0.1, 0.15) is 29.0 Å². The molecule has 0 saturated heterocycles. The zero-order chi connectivity index (χ0) is 19.8. The van der Waals surface area contributed by atoms with Crippen molar-refractivity contribution in [3.8, 4) is 34.1 Å². The summed E-state index contributed by atoms with van der Waals surface area (Å²) in [4.78, 5) is 8.52. The van der Waals surface area contributed by atoms with E-state index in [4.69, 9.17) is 13.9 Å². The van der Waals surface area contributed by atoms with Gasteiger partial charge in [-0.25, -0.2) is 14.4 Å². The molecule has 0 saturated carbocycles. The largest absolute Gasteiger partial charge is 0.497 e. The predicted molar refractivity (Wildman–Crippen MR) is 105 cm³/mol. The van der Waals surface area contributed by atoms with E-state index in [0.29, 0.717) is 22.7 Å². The Morgan fingerprint density at radius 2 is 1.57 bits per heavy atom. The molecule has 0 aliphatic carbocycles. The Morgan fingerprint density at radius 1 is 0.893 bits per heavy atom. The molecule has 0 unspecified atom stereocenters. The molecule has 0 radical (unpaired) electrons. The molecule has 0 bridgehead atoms. The van der Waals surface area contributed by atoms with Crippen LogP contribution in [0.15, 0.2) is 47.1 Å². The van der Waals surface area contributed by atoms with Crippen LogP contribution >= 0.6 is 0 Å². The van der Waals surface area contributed by atoms with E-state index in [1.54, 1.807) is 26.4 Å². The second-order valence-electron chi connectivity index (χ2n) is 6.51. The van der Waals surface area contributed by atoms with Gasteiger partial charge in [-0.15, -0.1) is 0 Å². The van der Waals surface area contributed by atoms with Crippen LogP contribution in [0, 0.1) is 19.7 Å². The standard InChI is InChI=1S/C22H19FN2O3/c1-12-9-16(26-3)10-13(2)17(12)18-19-21(27-4)24-11-25-22(19)28-20(18)14-5-7-15(23)8-6-14/h5-11H,1-4H3. The first-order valence-corrected chi connectivity index (χ1v) is 8.76. The van der Waals surface area contributed by atoms with Crippen molar-refractivity contribution in [1.29, 1.82) is 0 Å². The fourth-order valence-corrected chi connectivity index (χ4v) is 3.54. The first-order chi connectivity index (χ1) is 13.5. The normalized spacial score (nSPS) is 11.0. The van der Waals surface area contributed by atoms with Crippen molar-refractivity contribution in [3.63, 3.8) is 0 Å². The minimum absolute atomic E-state index is 0.310. The monoisotopic (exact) mass is 378 g/mol. The first-order valence-electron chi connectivity index (χ1n) is 8.76. The fraction of sp³-hybridized carbons (Fsp3) is 0.182. The number of rotatable bonds is 4. The Labute approximate surface area is 161 Å². The van der Waals surface area contributed by atoms with Crippen LogP contribution in [0.2, 0.25) is 0 Å². The molecule has 5 nitrogen and oxygen atoms in total. The summed E-state index contributed by atoms with van der Waals surface area (Å²) in [6, 6.07) is 10.1. The molecule has 2 aromatic heterocycles. The van der Waals surface area contributed by atoms with E-state index < -0.39 is 0 Å². The summed E-state index contributed by atoms with van der Waals surface area (Å²) in [5.74, 6) is 1.48. The molecule has 0 amide bonds. The summed E-state index contributed by atoms with van der Waals surface area (Å²) < 4.78 is 30.5. The number of aryl methyl sites for hydroxylation is 2. The maximum absolute atomic E-state index is 13.5. The average Bonchev–Trinajstić information content (AvgIpc) is 3.07. The van der Waals surface area contributed by atoms with E-state index in [9.17, 15) is 4.39 Å². The van der Waals surface area contributed by atoms with Crippen LogP contribution in [0.1, 0.15) is 11.1 Å². The number of methoxy groups -OCH3 is 2. The minimum Gasteiger partial charge on any atom is -0.497 e. The Kier molecular flexibility index (Phi) is 4.47. The molecule has 28 heavy (non-hydrogen) atoms. The highest BCUT2D eigenvalue weighted by molar-refractivity contribution is 6.04. The highest BCUT2D eigenvalue weighted by Gasteiger charge is 2.25. The third-order valence-corrected chi connectivity index (χ3v) is 4.75. The van der Waals surface area contributed by atoms with Crippen LogP contribution in [-0.2, 0) is 0 Å². The lowest BCUT2D eigenvalue weighted by molar-refractivity contribution is 0.402. The van der Waals surface area contributed by atoms with Crippen LogP contribution in [0.4, 0.5) is 4.39 Å². The molecule has 4 aromatic rings. The van der Waals surface area contributed by atoms with Crippen LogP contribution in [0.5, 0.6) is 11.6 Å². The van der Waals surface area contributed by atoms with Crippen molar-refractivity contribution in [1.82, 2.24) is 9.97 Å². The highest BCUT2D eigenvalue weighted by atomic mass is 19.1. The molecule has 6 heteroatoms.